The first kappa shape index (κ1) is 27.4. The van der Waals surface area contributed by atoms with Gasteiger partial charge in [0.1, 0.15) is 5.69 Å². The number of nitrogens with zero attached hydrogens (tertiary/aromatic N) is 5. The molecule has 0 spiro atoms. The summed E-state index contributed by atoms with van der Waals surface area (Å²) in [6, 6.07) is 56.9. The molecule has 5 nitrogen and oxygen atoms in total. The third kappa shape index (κ3) is 4.48. The second-order valence-electron chi connectivity index (χ2n) is 12.3. The number of pyridine rings is 1. The van der Waals surface area contributed by atoms with Crippen LogP contribution in [0.25, 0.3) is 94.2 Å². The highest BCUT2D eigenvalue weighted by Crippen LogP contribution is 2.35. The Balaban J connectivity index is 1.16. The maximum Gasteiger partial charge on any atom is 0.182 e. The van der Waals surface area contributed by atoms with Gasteiger partial charge in [-0.05, 0) is 64.0 Å². The van der Waals surface area contributed by atoms with Gasteiger partial charge < -0.3 is 4.57 Å². The number of aromatic nitrogens is 5. The Labute approximate surface area is 281 Å². The summed E-state index contributed by atoms with van der Waals surface area (Å²) in [6.07, 6.45) is 0. The second kappa shape index (κ2) is 10.9. The molecule has 0 aliphatic rings. The highest BCUT2D eigenvalue weighted by molar-refractivity contribution is 6.19. The van der Waals surface area contributed by atoms with Crippen LogP contribution in [0, 0.1) is 0 Å². The summed E-state index contributed by atoms with van der Waals surface area (Å²) in [5, 5.41) is 8.38. The minimum absolute atomic E-state index is 0.533. The Hall–Kier alpha value is -6.72. The van der Waals surface area contributed by atoms with Gasteiger partial charge in [0.25, 0.3) is 0 Å². The number of para-hydroxylation sites is 2. The third-order valence-electron chi connectivity index (χ3n) is 9.42. The van der Waals surface area contributed by atoms with E-state index in [1.54, 1.807) is 0 Å². The smallest absolute Gasteiger partial charge is 0.182 e. The van der Waals surface area contributed by atoms with Crippen LogP contribution in [-0.2, 0) is 0 Å². The zero-order valence-corrected chi connectivity index (χ0v) is 26.3. The van der Waals surface area contributed by atoms with Crippen LogP contribution in [0.1, 0.15) is 0 Å². The molecular formula is C44H27N5. The Morgan fingerprint density at radius 3 is 1.78 bits per heavy atom. The van der Waals surface area contributed by atoms with Gasteiger partial charge in [0.2, 0.25) is 0 Å². The predicted molar refractivity (Wildman–Crippen MR) is 201 cm³/mol. The lowest BCUT2D eigenvalue weighted by Crippen LogP contribution is -2.02. The number of fused-ring (bicyclic) bond motifs is 8. The van der Waals surface area contributed by atoms with Crippen molar-refractivity contribution in [2.24, 2.45) is 0 Å². The molecule has 5 heteroatoms. The molecule has 3 heterocycles. The van der Waals surface area contributed by atoms with Crippen LogP contribution in [0.4, 0.5) is 0 Å². The molecule has 0 saturated heterocycles. The minimum atomic E-state index is 0.533. The number of rotatable bonds is 4. The Morgan fingerprint density at radius 2 is 0.980 bits per heavy atom. The molecule has 3 aromatic heterocycles. The van der Waals surface area contributed by atoms with Gasteiger partial charge in [-0.3, -0.25) is 0 Å². The van der Waals surface area contributed by atoms with Gasteiger partial charge in [-0.15, -0.1) is 0 Å². The van der Waals surface area contributed by atoms with Crippen molar-refractivity contribution in [3.05, 3.63) is 164 Å². The van der Waals surface area contributed by atoms with Crippen LogP contribution in [0.15, 0.2) is 164 Å². The molecule has 0 aliphatic carbocycles. The lowest BCUT2D eigenvalue weighted by Gasteiger charge is -2.12. The quantitative estimate of drug-likeness (QED) is 0.183. The Morgan fingerprint density at radius 1 is 0.367 bits per heavy atom. The molecule has 0 unspecified atom stereocenters. The van der Waals surface area contributed by atoms with Crippen molar-refractivity contribution >= 4 is 54.3 Å². The monoisotopic (exact) mass is 625 g/mol. The summed E-state index contributed by atoms with van der Waals surface area (Å²) >= 11 is 0. The summed E-state index contributed by atoms with van der Waals surface area (Å²) in [5.74, 6) is 1.73. The van der Waals surface area contributed by atoms with Crippen LogP contribution >= 0.6 is 0 Å². The van der Waals surface area contributed by atoms with Crippen molar-refractivity contribution in [3.63, 3.8) is 0 Å². The molecule has 7 aromatic carbocycles. The standard InChI is InChI=1S/C44H27N5/c1-2-12-30(13-3-1)42-46-43(31-14-10-15-32(27-31)49-39-19-8-6-17-34(39)35-18-7-9-20-40(35)49)48-44(47-42)38-26-24-36-37(45-38)25-23-29-22-21-28-11-4-5-16-33(28)41(29)36/h1-27H. The van der Waals surface area contributed by atoms with E-state index in [4.69, 9.17) is 19.9 Å². The summed E-state index contributed by atoms with van der Waals surface area (Å²) in [7, 11) is 0. The van der Waals surface area contributed by atoms with Crippen molar-refractivity contribution in [1.82, 2.24) is 24.5 Å². The summed E-state index contributed by atoms with van der Waals surface area (Å²) < 4.78 is 2.31. The second-order valence-corrected chi connectivity index (χ2v) is 12.3. The predicted octanol–water partition coefficient (Wildman–Crippen LogP) is 10.8. The summed E-state index contributed by atoms with van der Waals surface area (Å²) in [5.41, 5.74) is 6.78. The summed E-state index contributed by atoms with van der Waals surface area (Å²) in [4.78, 5) is 20.2. The minimum Gasteiger partial charge on any atom is -0.309 e. The van der Waals surface area contributed by atoms with Gasteiger partial charge in [0.15, 0.2) is 17.5 Å². The lowest BCUT2D eigenvalue weighted by molar-refractivity contribution is 1.06. The van der Waals surface area contributed by atoms with E-state index < -0.39 is 0 Å². The van der Waals surface area contributed by atoms with Crippen LogP contribution in [0.2, 0.25) is 0 Å². The van der Waals surface area contributed by atoms with E-state index in [2.05, 4.69) is 132 Å². The first-order valence-electron chi connectivity index (χ1n) is 16.4. The Bertz CT molecular complexity index is 2840. The average molecular weight is 626 g/mol. The number of benzene rings is 7. The van der Waals surface area contributed by atoms with Gasteiger partial charge in [-0.2, -0.15) is 0 Å². The lowest BCUT2D eigenvalue weighted by atomic mass is 9.98. The van der Waals surface area contributed by atoms with Crippen molar-refractivity contribution in [2.45, 2.75) is 0 Å². The van der Waals surface area contributed by atoms with Gasteiger partial charge in [-0.1, -0.05) is 121 Å². The van der Waals surface area contributed by atoms with Crippen molar-refractivity contribution in [2.75, 3.05) is 0 Å². The van der Waals surface area contributed by atoms with Gasteiger partial charge in [0.05, 0.1) is 16.6 Å². The molecule has 10 aromatic rings. The van der Waals surface area contributed by atoms with Crippen LogP contribution in [0.5, 0.6) is 0 Å². The van der Waals surface area contributed by atoms with Crippen LogP contribution < -0.4 is 0 Å². The summed E-state index contributed by atoms with van der Waals surface area (Å²) in [6.45, 7) is 0. The molecule has 0 fully saturated rings. The van der Waals surface area contributed by atoms with Gasteiger partial charge in [-0.25, -0.2) is 19.9 Å². The fraction of sp³-hybridized carbons (Fsp3) is 0. The van der Waals surface area contributed by atoms with E-state index in [0.29, 0.717) is 23.2 Å². The highest BCUT2D eigenvalue weighted by Gasteiger charge is 2.17. The van der Waals surface area contributed by atoms with E-state index in [1.165, 1.54) is 32.3 Å². The maximum absolute atomic E-state index is 5.14. The molecule has 0 amide bonds. The third-order valence-corrected chi connectivity index (χ3v) is 9.42. The van der Waals surface area contributed by atoms with E-state index >= 15 is 0 Å². The van der Waals surface area contributed by atoms with Crippen LogP contribution in [-0.4, -0.2) is 24.5 Å². The molecule has 0 atom stereocenters. The fourth-order valence-corrected chi connectivity index (χ4v) is 7.16. The largest absolute Gasteiger partial charge is 0.309 e. The van der Waals surface area contributed by atoms with E-state index in [1.807, 2.05) is 36.4 Å². The molecule has 10 rings (SSSR count). The van der Waals surface area contributed by atoms with E-state index in [0.717, 1.165) is 38.8 Å². The zero-order chi connectivity index (χ0) is 32.3. The molecule has 228 valence electrons. The highest BCUT2D eigenvalue weighted by atomic mass is 15.0. The average Bonchev–Trinajstić information content (AvgIpc) is 3.52. The zero-order valence-electron chi connectivity index (χ0n) is 26.3. The number of hydrogen-bond donors (Lipinski definition) is 0. The fourth-order valence-electron chi connectivity index (χ4n) is 7.16. The maximum atomic E-state index is 5.14. The van der Waals surface area contributed by atoms with E-state index in [9.17, 15) is 0 Å². The molecule has 0 bridgehead atoms. The first-order valence-corrected chi connectivity index (χ1v) is 16.4. The molecule has 49 heavy (non-hydrogen) atoms. The normalized spacial score (nSPS) is 11.7. The number of hydrogen-bond acceptors (Lipinski definition) is 4. The molecule has 0 saturated carbocycles. The van der Waals surface area contributed by atoms with Crippen molar-refractivity contribution < 1.29 is 0 Å². The van der Waals surface area contributed by atoms with Crippen molar-refractivity contribution in [3.8, 4) is 40.0 Å². The SMILES string of the molecule is c1ccc(-c2nc(-c3cccc(-n4c5ccccc5c5ccccc54)c3)nc(-c3ccc4c(ccc5ccc6ccccc6c54)n3)n2)cc1. The van der Waals surface area contributed by atoms with Crippen molar-refractivity contribution in [1.29, 1.82) is 0 Å². The molecule has 0 N–H and O–H groups in total. The Kier molecular flexibility index (Phi) is 6.11. The molecule has 0 aliphatic heterocycles. The van der Waals surface area contributed by atoms with Gasteiger partial charge >= 0.3 is 0 Å². The molecular weight excluding hydrogens is 599 g/mol. The topological polar surface area (TPSA) is 56.5 Å². The molecule has 0 radical (unpaired) electrons. The first-order chi connectivity index (χ1) is 24.3. The van der Waals surface area contributed by atoms with E-state index in [-0.39, 0.29) is 0 Å². The van der Waals surface area contributed by atoms with Crippen LogP contribution in [0.3, 0.4) is 0 Å². The van der Waals surface area contributed by atoms with Gasteiger partial charge in [0, 0.05) is 33.0 Å².